The minimum absolute atomic E-state index is 0.126. The molecule has 0 spiro atoms. The zero-order valence-electron chi connectivity index (χ0n) is 11.9. The second-order valence-corrected chi connectivity index (χ2v) is 6.78. The van der Waals surface area contributed by atoms with Gasteiger partial charge in [0.25, 0.3) is 0 Å². The van der Waals surface area contributed by atoms with Gasteiger partial charge in [0.05, 0.1) is 5.75 Å². The number of amides is 1. The SMILES string of the molecule is Cc1cc(C)cc(NC(=O)CSC2CCCCC2)c1. The lowest BCUT2D eigenvalue weighted by atomic mass is 10.0. The molecule has 1 amide bonds. The lowest BCUT2D eigenvalue weighted by Crippen LogP contribution is -2.18. The Morgan fingerprint density at radius 1 is 1.16 bits per heavy atom. The molecular formula is C16H23NOS. The Morgan fingerprint density at radius 2 is 1.79 bits per heavy atom. The molecule has 1 aliphatic rings. The van der Waals surface area contributed by atoms with E-state index in [0.29, 0.717) is 11.0 Å². The molecule has 0 aromatic heterocycles. The Morgan fingerprint density at radius 3 is 2.42 bits per heavy atom. The van der Waals surface area contributed by atoms with Gasteiger partial charge in [0.2, 0.25) is 5.91 Å². The smallest absolute Gasteiger partial charge is 0.234 e. The van der Waals surface area contributed by atoms with E-state index < -0.39 is 0 Å². The second-order valence-electron chi connectivity index (χ2n) is 5.50. The number of rotatable bonds is 4. The van der Waals surface area contributed by atoms with Crippen LogP contribution in [0.1, 0.15) is 43.2 Å². The Kier molecular flexibility index (Phi) is 5.32. The van der Waals surface area contributed by atoms with E-state index in [9.17, 15) is 4.79 Å². The van der Waals surface area contributed by atoms with Crippen LogP contribution in [0.5, 0.6) is 0 Å². The molecular weight excluding hydrogens is 254 g/mol. The van der Waals surface area contributed by atoms with E-state index in [-0.39, 0.29) is 5.91 Å². The molecule has 104 valence electrons. The van der Waals surface area contributed by atoms with Gasteiger partial charge in [0.15, 0.2) is 0 Å². The zero-order chi connectivity index (χ0) is 13.7. The van der Waals surface area contributed by atoms with E-state index in [4.69, 9.17) is 0 Å². The number of aryl methyl sites for hydroxylation is 2. The molecule has 2 rings (SSSR count). The number of hydrogen-bond acceptors (Lipinski definition) is 2. The van der Waals surface area contributed by atoms with Gasteiger partial charge >= 0.3 is 0 Å². The lowest BCUT2D eigenvalue weighted by molar-refractivity contribution is -0.113. The largest absolute Gasteiger partial charge is 0.325 e. The topological polar surface area (TPSA) is 29.1 Å². The number of thioether (sulfide) groups is 1. The quantitative estimate of drug-likeness (QED) is 0.888. The summed E-state index contributed by atoms with van der Waals surface area (Å²) in [5.41, 5.74) is 3.30. The molecule has 0 bridgehead atoms. The van der Waals surface area contributed by atoms with Crippen molar-refractivity contribution in [2.75, 3.05) is 11.1 Å². The van der Waals surface area contributed by atoms with Gasteiger partial charge in [-0.3, -0.25) is 4.79 Å². The summed E-state index contributed by atoms with van der Waals surface area (Å²) in [5.74, 6) is 0.707. The Balaban J connectivity index is 1.80. The second kappa shape index (κ2) is 6.99. The van der Waals surface area contributed by atoms with Crippen molar-refractivity contribution in [3.05, 3.63) is 29.3 Å². The average molecular weight is 277 g/mol. The first kappa shape index (κ1) is 14.4. The van der Waals surface area contributed by atoms with Crippen LogP contribution in [0.15, 0.2) is 18.2 Å². The van der Waals surface area contributed by atoms with Gasteiger partial charge in [0.1, 0.15) is 0 Å². The predicted molar refractivity (Wildman–Crippen MR) is 83.9 cm³/mol. The number of nitrogens with one attached hydrogen (secondary N) is 1. The fourth-order valence-corrected chi connectivity index (χ4v) is 3.80. The number of carbonyl (C=O) groups is 1. The van der Waals surface area contributed by atoms with Gasteiger partial charge < -0.3 is 5.32 Å². The summed E-state index contributed by atoms with van der Waals surface area (Å²) in [6, 6.07) is 6.17. The van der Waals surface area contributed by atoms with E-state index >= 15 is 0 Å². The summed E-state index contributed by atoms with van der Waals surface area (Å²) in [6.45, 7) is 4.11. The summed E-state index contributed by atoms with van der Waals surface area (Å²) >= 11 is 1.82. The van der Waals surface area contributed by atoms with Crippen LogP contribution in [-0.4, -0.2) is 16.9 Å². The van der Waals surface area contributed by atoms with E-state index in [2.05, 4.69) is 25.2 Å². The predicted octanol–water partition coefficient (Wildman–Crippen LogP) is 4.31. The maximum Gasteiger partial charge on any atom is 0.234 e. The van der Waals surface area contributed by atoms with Crippen LogP contribution in [-0.2, 0) is 4.79 Å². The van der Waals surface area contributed by atoms with Gasteiger partial charge in [0, 0.05) is 10.9 Å². The van der Waals surface area contributed by atoms with Gasteiger partial charge in [-0.05, 0) is 49.9 Å². The normalized spacial score (nSPS) is 16.3. The van der Waals surface area contributed by atoms with Crippen LogP contribution in [0.3, 0.4) is 0 Å². The van der Waals surface area contributed by atoms with Crippen LogP contribution in [0, 0.1) is 13.8 Å². The summed E-state index contributed by atoms with van der Waals surface area (Å²) in [4.78, 5) is 11.9. The van der Waals surface area contributed by atoms with Gasteiger partial charge in [-0.1, -0.05) is 25.3 Å². The molecule has 2 nitrogen and oxygen atoms in total. The number of anilines is 1. The fraction of sp³-hybridized carbons (Fsp3) is 0.562. The third kappa shape index (κ3) is 4.90. The average Bonchev–Trinajstić information content (AvgIpc) is 2.36. The molecule has 1 aliphatic carbocycles. The standard InChI is InChI=1S/C16H23NOS/c1-12-8-13(2)10-14(9-12)17-16(18)11-19-15-6-4-3-5-7-15/h8-10,15H,3-7,11H2,1-2H3,(H,17,18). The van der Waals surface area contributed by atoms with E-state index in [1.807, 2.05) is 23.9 Å². The molecule has 1 aromatic carbocycles. The lowest BCUT2D eigenvalue weighted by Gasteiger charge is -2.20. The summed E-state index contributed by atoms with van der Waals surface area (Å²) in [7, 11) is 0. The summed E-state index contributed by atoms with van der Waals surface area (Å²) in [5, 5.41) is 3.70. The molecule has 0 unspecified atom stereocenters. The van der Waals surface area contributed by atoms with E-state index in [1.54, 1.807) is 0 Å². The van der Waals surface area contributed by atoms with Crippen molar-refractivity contribution in [2.24, 2.45) is 0 Å². The maximum atomic E-state index is 11.9. The highest BCUT2D eigenvalue weighted by Crippen LogP contribution is 2.28. The van der Waals surface area contributed by atoms with Crippen molar-refractivity contribution in [1.82, 2.24) is 0 Å². The Bertz CT molecular complexity index is 418. The van der Waals surface area contributed by atoms with Crippen LogP contribution in [0.25, 0.3) is 0 Å². The van der Waals surface area contributed by atoms with Crippen LogP contribution >= 0.6 is 11.8 Å². The monoisotopic (exact) mass is 277 g/mol. The molecule has 1 N–H and O–H groups in total. The fourth-order valence-electron chi connectivity index (χ4n) is 2.67. The number of benzene rings is 1. The van der Waals surface area contributed by atoms with Gasteiger partial charge in [-0.2, -0.15) is 0 Å². The molecule has 0 radical (unpaired) electrons. The number of carbonyl (C=O) groups excluding carboxylic acids is 1. The minimum atomic E-state index is 0.126. The van der Waals surface area contributed by atoms with Crippen LogP contribution in [0.4, 0.5) is 5.69 Å². The number of hydrogen-bond donors (Lipinski definition) is 1. The molecule has 0 aliphatic heterocycles. The Hall–Kier alpha value is -0.960. The van der Waals surface area contributed by atoms with Crippen molar-refractivity contribution in [3.63, 3.8) is 0 Å². The molecule has 1 saturated carbocycles. The van der Waals surface area contributed by atoms with Crippen molar-refractivity contribution in [2.45, 2.75) is 51.2 Å². The third-order valence-corrected chi connectivity index (χ3v) is 4.88. The molecule has 0 heterocycles. The van der Waals surface area contributed by atoms with Gasteiger partial charge in [-0.25, -0.2) is 0 Å². The first-order valence-corrected chi connectivity index (χ1v) is 8.18. The molecule has 0 saturated heterocycles. The van der Waals surface area contributed by atoms with E-state index in [0.717, 1.165) is 5.69 Å². The van der Waals surface area contributed by atoms with Crippen molar-refractivity contribution in [3.8, 4) is 0 Å². The maximum absolute atomic E-state index is 11.9. The third-order valence-electron chi connectivity index (χ3n) is 3.51. The minimum Gasteiger partial charge on any atom is -0.325 e. The molecule has 19 heavy (non-hydrogen) atoms. The first-order chi connectivity index (χ1) is 9.13. The van der Waals surface area contributed by atoms with E-state index in [1.165, 1.54) is 43.2 Å². The van der Waals surface area contributed by atoms with Crippen LogP contribution in [0.2, 0.25) is 0 Å². The first-order valence-electron chi connectivity index (χ1n) is 7.13. The van der Waals surface area contributed by atoms with Gasteiger partial charge in [-0.15, -0.1) is 11.8 Å². The Labute approximate surface area is 120 Å². The molecule has 3 heteroatoms. The molecule has 0 atom stereocenters. The van der Waals surface area contributed by atoms with Crippen molar-refractivity contribution in [1.29, 1.82) is 0 Å². The van der Waals surface area contributed by atoms with Crippen LogP contribution < -0.4 is 5.32 Å². The van der Waals surface area contributed by atoms with Crippen molar-refractivity contribution < 1.29 is 4.79 Å². The summed E-state index contributed by atoms with van der Waals surface area (Å²) in [6.07, 6.45) is 6.58. The van der Waals surface area contributed by atoms with Crippen molar-refractivity contribution >= 4 is 23.4 Å². The zero-order valence-corrected chi connectivity index (χ0v) is 12.7. The highest BCUT2D eigenvalue weighted by Gasteiger charge is 2.15. The molecule has 1 fully saturated rings. The summed E-state index contributed by atoms with van der Waals surface area (Å²) < 4.78 is 0. The highest BCUT2D eigenvalue weighted by atomic mass is 32.2. The molecule has 1 aromatic rings. The highest BCUT2D eigenvalue weighted by molar-refractivity contribution is 8.00.